The number of urea groups is 1. The van der Waals surface area contributed by atoms with E-state index in [1.807, 2.05) is 0 Å². The predicted molar refractivity (Wildman–Crippen MR) is 80.0 cm³/mol. The molecule has 0 bridgehead atoms. The summed E-state index contributed by atoms with van der Waals surface area (Å²) in [7, 11) is 0. The Morgan fingerprint density at radius 2 is 1.95 bits per heavy atom. The lowest BCUT2D eigenvalue weighted by Crippen LogP contribution is -2.49. The van der Waals surface area contributed by atoms with Gasteiger partial charge in [-0.25, -0.2) is 4.79 Å². The van der Waals surface area contributed by atoms with Gasteiger partial charge in [0.1, 0.15) is 0 Å². The smallest absolute Gasteiger partial charge is 0.315 e. The highest BCUT2D eigenvalue weighted by atomic mass is 32.2. The van der Waals surface area contributed by atoms with Gasteiger partial charge in [-0.05, 0) is 31.9 Å². The molecule has 2 unspecified atom stereocenters. The highest BCUT2D eigenvalue weighted by Crippen LogP contribution is 2.37. The SMILES string of the molecule is CSC1CCCC1NC(=O)NCC1(C(=O)O)CCCC1. The second-order valence-corrected chi connectivity index (χ2v) is 7.01. The second kappa shape index (κ2) is 6.70. The van der Waals surface area contributed by atoms with Gasteiger partial charge in [0.25, 0.3) is 0 Å². The topological polar surface area (TPSA) is 78.4 Å². The molecule has 2 fully saturated rings. The van der Waals surface area contributed by atoms with E-state index in [-0.39, 0.29) is 18.6 Å². The first kappa shape index (κ1) is 15.5. The number of carbonyl (C=O) groups excluding carboxylic acids is 1. The van der Waals surface area contributed by atoms with Gasteiger partial charge in [-0.2, -0.15) is 11.8 Å². The number of hydrogen-bond acceptors (Lipinski definition) is 3. The number of hydrogen-bond donors (Lipinski definition) is 3. The minimum atomic E-state index is -0.779. The number of aliphatic carboxylic acids is 1. The molecule has 2 saturated carbocycles. The minimum Gasteiger partial charge on any atom is -0.481 e. The first-order chi connectivity index (χ1) is 9.57. The summed E-state index contributed by atoms with van der Waals surface area (Å²) in [4.78, 5) is 23.4. The molecule has 0 saturated heterocycles. The Labute approximate surface area is 124 Å². The summed E-state index contributed by atoms with van der Waals surface area (Å²) in [6.45, 7) is 0.241. The van der Waals surface area contributed by atoms with Crippen LogP contribution in [-0.4, -0.2) is 41.2 Å². The monoisotopic (exact) mass is 300 g/mol. The van der Waals surface area contributed by atoms with Gasteiger partial charge in [-0.1, -0.05) is 19.3 Å². The van der Waals surface area contributed by atoms with E-state index >= 15 is 0 Å². The molecule has 2 rings (SSSR count). The van der Waals surface area contributed by atoms with Gasteiger partial charge in [0.15, 0.2) is 0 Å². The van der Waals surface area contributed by atoms with Crippen LogP contribution in [0.1, 0.15) is 44.9 Å². The third-order valence-corrected chi connectivity index (χ3v) is 5.84. The fourth-order valence-electron chi connectivity index (χ4n) is 3.36. The number of rotatable bonds is 5. The number of carboxylic acid groups (broad SMARTS) is 1. The molecule has 20 heavy (non-hydrogen) atoms. The van der Waals surface area contributed by atoms with Crippen molar-refractivity contribution in [2.24, 2.45) is 5.41 Å². The Morgan fingerprint density at radius 3 is 2.55 bits per heavy atom. The van der Waals surface area contributed by atoms with Gasteiger partial charge in [-0.3, -0.25) is 4.79 Å². The molecule has 0 spiro atoms. The normalized spacial score (nSPS) is 28.2. The van der Waals surface area contributed by atoms with Crippen molar-refractivity contribution < 1.29 is 14.7 Å². The number of amides is 2. The van der Waals surface area contributed by atoms with E-state index in [2.05, 4.69) is 16.9 Å². The molecule has 3 N–H and O–H groups in total. The molecule has 5 nitrogen and oxygen atoms in total. The van der Waals surface area contributed by atoms with Crippen LogP contribution in [0, 0.1) is 5.41 Å². The van der Waals surface area contributed by atoms with Crippen LogP contribution in [0.2, 0.25) is 0 Å². The molecule has 0 aliphatic heterocycles. The largest absolute Gasteiger partial charge is 0.481 e. The Morgan fingerprint density at radius 1 is 1.25 bits per heavy atom. The molecule has 0 aromatic carbocycles. The maximum absolute atomic E-state index is 12.0. The molecule has 0 aromatic heterocycles. The van der Waals surface area contributed by atoms with E-state index in [0.29, 0.717) is 18.1 Å². The van der Waals surface area contributed by atoms with E-state index in [0.717, 1.165) is 32.1 Å². The summed E-state index contributed by atoms with van der Waals surface area (Å²) in [5.74, 6) is -0.779. The van der Waals surface area contributed by atoms with Gasteiger partial charge >= 0.3 is 12.0 Å². The van der Waals surface area contributed by atoms with Crippen LogP contribution < -0.4 is 10.6 Å². The van der Waals surface area contributed by atoms with Gasteiger partial charge in [0.05, 0.1) is 5.41 Å². The highest BCUT2D eigenvalue weighted by Gasteiger charge is 2.41. The molecule has 2 atom stereocenters. The molecule has 0 heterocycles. The van der Waals surface area contributed by atoms with Crippen molar-refractivity contribution in [1.29, 1.82) is 0 Å². The first-order valence-electron chi connectivity index (χ1n) is 7.38. The van der Waals surface area contributed by atoms with Gasteiger partial charge < -0.3 is 15.7 Å². The standard InChI is InChI=1S/C14H24N2O3S/c1-20-11-6-4-5-10(11)16-13(19)15-9-14(12(17)18)7-2-3-8-14/h10-11H,2-9H2,1H3,(H,17,18)(H2,15,16,19). The number of nitrogens with one attached hydrogen (secondary N) is 2. The fraction of sp³-hybridized carbons (Fsp3) is 0.857. The lowest BCUT2D eigenvalue weighted by atomic mass is 9.86. The Balaban J connectivity index is 1.81. The molecule has 2 amide bonds. The average Bonchev–Trinajstić information content (AvgIpc) is 3.05. The lowest BCUT2D eigenvalue weighted by molar-refractivity contribution is -0.148. The zero-order valence-electron chi connectivity index (χ0n) is 12.0. The maximum atomic E-state index is 12.0. The van der Waals surface area contributed by atoms with Gasteiger partial charge in [0, 0.05) is 17.8 Å². The van der Waals surface area contributed by atoms with Crippen molar-refractivity contribution in [3.8, 4) is 0 Å². The number of carboxylic acids is 1. The van der Waals surface area contributed by atoms with Crippen LogP contribution in [0.15, 0.2) is 0 Å². The van der Waals surface area contributed by atoms with Crippen molar-refractivity contribution in [3.05, 3.63) is 0 Å². The lowest BCUT2D eigenvalue weighted by Gasteiger charge is -2.25. The number of carbonyl (C=O) groups is 2. The molecular weight excluding hydrogens is 276 g/mol. The van der Waals surface area contributed by atoms with Crippen LogP contribution >= 0.6 is 11.8 Å². The zero-order valence-corrected chi connectivity index (χ0v) is 12.8. The summed E-state index contributed by atoms with van der Waals surface area (Å²) < 4.78 is 0. The molecule has 114 valence electrons. The molecule has 6 heteroatoms. The van der Waals surface area contributed by atoms with Crippen LogP contribution in [0.3, 0.4) is 0 Å². The van der Waals surface area contributed by atoms with E-state index < -0.39 is 11.4 Å². The van der Waals surface area contributed by atoms with Crippen molar-refractivity contribution in [2.45, 2.75) is 56.2 Å². The van der Waals surface area contributed by atoms with Gasteiger partial charge in [-0.15, -0.1) is 0 Å². The fourth-order valence-corrected chi connectivity index (χ4v) is 4.30. The third-order valence-electron chi connectivity index (χ3n) is 4.67. The summed E-state index contributed by atoms with van der Waals surface area (Å²) in [5.41, 5.74) is -0.744. The Kier molecular flexibility index (Phi) is 5.18. The van der Waals surface area contributed by atoms with E-state index in [1.54, 1.807) is 11.8 Å². The van der Waals surface area contributed by atoms with E-state index in [1.165, 1.54) is 0 Å². The van der Waals surface area contributed by atoms with Crippen LogP contribution in [0.5, 0.6) is 0 Å². The minimum absolute atomic E-state index is 0.217. The second-order valence-electron chi connectivity index (χ2n) is 5.93. The third kappa shape index (κ3) is 3.40. The van der Waals surface area contributed by atoms with Crippen molar-refractivity contribution in [3.63, 3.8) is 0 Å². The van der Waals surface area contributed by atoms with Crippen molar-refractivity contribution in [1.82, 2.24) is 10.6 Å². The summed E-state index contributed by atoms with van der Waals surface area (Å²) in [6, 6.07) is -0.00201. The molecular formula is C14H24N2O3S. The summed E-state index contributed by atoms with van der Waals surface area (Å²) in [6.07, 6.45) is 8.59. The average molecular weight is 300 g/mol. The molecule has 0 radical (unpaired) electrons. The maximum Gasteiger partial charge on any atom is 0.315 e. The van der Waals surface area contributed by atoms with Crippen LogP contribution in [0.4, 0.5) is 4.79 Å². The first-order valence-corrected chi connectivity index (χ1v) is 8.67. The van der Waals surface area contributed by atoms with E-state index in [9.17, 15) is 14.7 Å². The van der Waals surface area contributed by atoms with Crippen molar-refractivity contribution in [2.75, 3.05) is 12.8 Å². The number of thioether (sulfide) groups is 1. The van der Waals surface area contributed by atoms with Gasteiger partial charge in [0.2, 0.25) is 0 Å². The summed E-state index contributed by atoms with van der Waals surface area (Å²) in [5, 5.41) is 15.6. The van der Waals surface area contributed by atoms with Crippen molar-refractivity contribution >= 4 is 23.8 Å². The molecule has 0 aromatic rings. The zero-order chi connectivity index (χ0) is 14.6. The Hall–Kier alpha value is -0.910. The van der Waals surface area contributed by atoms with Crippen LogP contribution in [0.25, 0.3) is 0 Å². The molecule has 2 aliphatic rings. The Bertz CT molecular complexity index is 369. The highest BCUT2D eigenvalue weighted by molar-refractivity contribution is 7.99. The van der Waals surface area contributed by atoms with Crippen LogP contribution in [-0.2, 0) is 4.79 Å². The molecule has 2 aliphatic carbocycles. The van der Waals surface area contributed by atoms with E-state index in [4.69, 9.17) is 0 Å². The quantitative estimate of drug-likeness (QED) is 0.727. The predicted octanol–water partition coefficient (Wildman–Crippen LogP) is 2.21. The summed E-state index contributed by atoms with van der Waals surface area (Å²) >= 11 is 1.79.